The standard InChI is InChI=1S/C14H18F2N4/c1-9(2)20-13(18-8-19-20)7-11(17)6-10-4-3-5-12(15)14(10)16/h3-5,8-9,11H,6-7,17H2,1-2H3. The van der Waals surface area contributed by atoms with E-state index < -0.39 is 11.6 Å². The van der Waals surface area contributed by atoms with Crippen molar-refractivity contribution in [2.75, 3.05) is 0 Å². The van der Waals surface area contributed by atoms with Crippen molar-refractivity contribution in [3.63, 3.8) is 0 Å². The van der Waals surface area contributed by atoms with Crippen molar-refractivity contribution in [3.05, 3.63) is 47.5 Å². The van der Waals surface area contributed by atoms with Gasteiger partial charge in [-0.15, -0.1) is 0 Å². The molecule has 0 aliphatic rings. The molecule has 0 bridgehead atoms. The van der Waals surface area contributed by atoms with E-state index in [-0.39, 0.29) is 24.1 Å². The monoisotopic (exact) mass is 280 g/mol. The molecule has 0 aliphatic heterocycles. The van der Waals surface area contributed by atoms with Crippen LogP contribution in [0.5, 0.6) is 0 Å². The van der Waals surface area contributed by atoms with Crippen molar-refractivity contribution in [1.29, 1.82) is 0 Å². The molecule has 1 atom stereocenters. The maximum absolute atomic E-state index is 13.6. The minimum Gasteiger partial charge on any atom is -0.327 e. The second kappa shape index (κ2) is 6.09. The molecule has 2 N–H and O–H groups in total. The summed E-state index contributed by atoms with van der Waals surface area (Å²) in [6.45, 7) is 3.99. The molecule has 1 unspecified atom stereocenters. The highest BCUT2D eigenvalue weighted by Gasteiger charge is 2.15. The van der Waals surface area contributed by atoms with Gasteiger partial charge < -0.3 is 5.73 Å². The highest BCUT2D eigenvalue weighted by molar-refractivity contribution is 5.20. The molecule has 2 rings (SSSR count). The molecule has 20 heavy (non-hydrogen) atoms. The van der Waals surface area contributed by atoms with Crippen LogP contribution >= 0.6 is 0 Å². The van der Waals surface area contributed by atoms with Crippen molar-refractivity contribution < 1.29 is 8.78 Å². The van der Waals surface area contributed by atoms with E-state index in [1.807, 2.05) is 13.8 Å². The number of aromatic nitrogens is 3. The van der Waals surface area contributed by atoms with Gasteiger partial charge in [-0.05, 0) is 31.9 Å². The Balaban J connectivity index is 2.07. The lowest BCUT2D eigenvalue weighted by atomic mass is 10.0. The molecule has 0 radical (unpaired) electrons. The van der Waals surface area contributed by atoms with Crippen LogP contribution in [-0.4, -0.2) is 20.8 Å². The summed E-state index contributed by atoms with van der Waals surface area (Å²) in [6.07, 6.45) is 2.20. The fourth-order valence-corrected chi connectivity index (χ4v) is 2.15. The summed E-state index contributed by atoms with van der Waals surface area (Å²) < 4.78 is 28.5. The maximum atomic E-state index is 13.6. The summed E-state index contributed by atoms with van der Waals surface area (Å²) in [5.74, 6) is -0.919. The fourth-order valence-electron chi connectivity index (χ4n) is 2.15. The molecular formula is C14H18F2N4. The third-order valence-corrected chi connectivity index (χ3v) is 3.09. The molecule has 6 heteroatoms. The average Bonchev–Trinajstić information content (AvgIpc) is 2.83. The van der Waals surface area contributed by atoms with Gasteiger partial charge >= 0.3 is 0 Å². The van der Waals surface area contributed by atoms with Gasteiger partial charge in [-0.2, -0.15) is 5.10 Å². The number of halogens is 2. The third-order valence-electron chi connectivity index (χ3n) is 3.09. The molecule has 0 spiro atoms. The van der Waals surface area contributed by atoms with Crippen LogP contribution in [0.25, 0.3) is 0 Å². The van der Waals surface area contributed by atoms with Crippen LogP contribution in [0.2, 0.25) is 0 Å². The predicted octanol–water partition coefficient (Wildman–Crippen LogP) is 2.25. The zero-order valence-corrected chi connectivity index (χ0v) is 11.6. The fraction of sp³-hybridized carbons (Fsp3) is 0.429. The van der Waals surface area contributed by atoms with E-state index in [9.17, 15) is 8.78 Å². The molecule has 1 aromatic carbocycles. The Kier molecular flexibility index (Phi) is 4.44. The van der Waals surface area contributed by atoms with Gasteiger partial charge in [0, 0.05) is 18.5 Å². The molecule has 0 aliphatic carbocycles. The van der Waals surface area contributed by atoms with E-state index in [0.717, 1.165) is 11.9 Å². The Hall–Kier alpha value is -1.82. The predicted molar refractivity (Wildman–Crippen MR) is 72.1 cm³/mol. The smallest absolute Gasteiger partial charge is 0.162 e. The van der Waals surface area contributed by atoms with Crippen LogP contribution in [0.1, 0.15) is 31.3 Å². The minimum absolute atomic E-state index is 0.186. The summed E-state index contributed by atoms with van der Waals surface area (Å²) in [5.41, 5.74) is 6.30. The molecule has 1 aromatic heterocycles. The highest BCUT2D eigenvalue weighted by atomic mass is 19.2. The summed E-state index contributed by atoms with van der Waals surface area (Å²) >= 11 is 0. The van der Waals surface area contributed by atoms with Crippen molar-refractivity contribution in [3.8, 4) is 0 Å². The lowest BCUT2D eigenvalue weighted by Gasteiger charge is -2.14. The number of nitrogens with zero attached hydrogens (tertiary/aromatic N) is 3. The molecule has 1 heterocycles. The lowest BCUT2D eigenvalue weighted by molar-refractivity contribution is 0.477. The molecular weight excluding hydrogens is 262 g/mol. The molecule has 0 amide bonds. The Morgan fingerprint density at radius 2 is 2.00 bits per heavy atom. The van der Waals surface area contributed by atoms with Gasteiger partial charge in [0.15, 0.2) is 11.6 Å². The van der Waals surface area contributed by atoms with E-state index in [1.54, 1.807) is 10.7 Å². The number of benzene rings is 1. The molecule has 0 saturated heterocycles. The number of rotatable bonds is 5. The van der Waals surface area contributed by atoms with Gasteiger partial charge in [0.1, 0.15) is 12.2 Å². The van der Waals surface area contributed by atoms with Crippen molar-refractivity contribution in [1.82, 2.24) is 14.8 Å². The summed E-state index contributed by atoms with van der Waals surface area (Å²) in [6, 6.07) is 3.97. The SMILES string of the molecule is CC(C)n1ncnc1CC(N)Cc1cccc(F)c1F. The molecule has 0 fully saturated rings. The van der Waals surface area contributed by atoms with Gasteiger partial charge in [0.05, 0.1) is 0 Å². The topological polar surface area (TPSA) is 56.7 Å². The zero-order valence-electron chi connectivity index (χ0n) is 11.6. The normalized spacial score (nSPS) is 12.9. The number of hydrogen-bond donors (Lipinski definition) is 1. The van der Waals surface area contributed by atoms with Crippen LogP contribution in [0.3, 0.4) is 0 Å². The van der Waals surface area contributed by atoms with Gasteiger partial charge in [-0.1, -0.05) is 12.1 Å². The average molecular weight is 280 g/mol. The zero-order chi connectivity index (χ0) is 14.7. The first kappa shape index (κ1) is 14.6. The molecule has 0 saturated carbocycles. The van der Waals surface area contributed by atoms with E-state index in [2.05, 4.69) is 10.1 Å². The maximum Gasteiger partial charge on any atom is 0.162 e. The lowest BCUT2D eigenvalue weighted by Crippen LogP contribution is -2.28. The van der Waals surface area contributed by atoms with E-state index in [1.165, 1.54) is 12.4 Å². The van der Waals surface area contributed by atoms with Crippen LogP contribution in [0.15, 0.2) is 24.5 Å². The van der Waals surface area contributed by atoms with Crippen LogP contribution in [0.4, 0.5) is 8.78 Å². The van der Waals surface area contributed by atoms with Crippen LogP contribution in [0, 0.1) is 11.6 Å². The van der Waals surface area contributed by atoms with E-state index >= 15 is 0 Å². The minimum atomic E-state index is -0.847. The van der Waals surface area contributed by atoms with Crippen molar-refractivity contribution in [2.45, 2.75) is 38.8 Å². The van der Waals surface area contributed by atoms with Gasteiger partial charge in [-0.25, -0.2) is 18.4 Å². The summed E-state index contributed by atoms with van der Waals surface area (Å²) in [7, 11) is 0. The molecule has 2 aromatic rings. The summed E-state index contributed by atoms with van der Waals surface area (Å²) in [4.78, 5) is 4.16. The van der Waals surface area contributed by atoms with E-state index in [4.69, 9.17) is 5.73 Å². The van der Waals surface area contributed by atoms with Crippen LogP contribution in [-0.2, 0) is 12.8 Å². The number of nitrogens with two attached hydrogens (primary N) is 1. The Labute approximate surface area is 116 Å². The quantitative estimate of drug-likeness (QED) is 0.914. The van der Waals surface area contributed by atoms with Crippen LogP contribution < -0.4 is 5.73 Å². The molecule has 108 valence electrons. The highest BCUT2D eigenvalue weighted by Crippen LogP contribution is 2.14. The first-order chi connectivity index (χ1) is 9.49. The third kappa shape index (κ3) is 3.19. The first-order valence-corrected chi connectivity index (χ1v) is 6.56. The Morgan fingerprint density at radius 3 is 2.70 bits per heavy atom. The van der Waals surface area contributed by atoms with Crippen molar-refractivity contribution in [2.24, 2.45) is 5.73 Å². The largest absolute Gasteiger partial charge is 0.327 e. The first-order valence-electron chi connectivity index (χ1n) is 6.56. The molecule has 4 nitrogen and oxygen atoms in total. The number of hydrogen-bond acceptors (Lipinski definition) is 3. The Bertz CT molecular complexity index is 580. The Morgan fingerprint density at radius 1 is 1.25 bits per heavy atom. The van der Waals surface area contributed by atoms with Gasteiger partial charge in [-0.3, -0.25) is 0 Å². The second-order valence-electron chi connectivity index (χ2n) is 5.10. The van der Waals surface area contributed by atoms with Gasteiger partial charge in [0.25, 0.3) is 0 Å². The van der Waals surface area contributed by atoms with Gasteiger partial charge in [0.2, 0.25) is 0 Å². The van der Waals surface area contributed by atoms with E-state index in [0.29, 0.717) is 6.42 Å². The van der Waals surface area contributed by atoms with Crippen molar-refractivity contribution >= 4 is 0 Å². The summed E-state index contributed by atoms with van der Waals surface area (Å²) in [5, 5.41) is 4.12. The second-order valence-corrected chi connectivity index (χ2v) is 5.10.